The van der Waals surface area contributed by atoms with Crippen LogP contribution in [0.15, 0.2) is 0 Å². The van der Waals surface area contributed by atoms with Gasteiger partial charge in [-0.15, -0.1) is 0 Å². The van der Waals surface area contributed by atoms with Crippen LogP contribution in [0.25, 0.3) is 0 Å². The van der Waals surface area contributed by atoms with E-state index in [0.29, 0.717) is 0 Å². The first kappa shape index (κ1) is 23.3. The third-order valence-electron chi connectivity index (χ3n) is 5.60. The van der Waals surface area contributed by atoms with Crippen molar-refractivity contribution in [3.8, 4) is 0 Å². The van der Waals surface area contributed by atoms with Crippen LogP contribution in [0.4, 0.5) is 0 Å². The molecule has 0 amide bonds. The van der Waals surface area contributed by atoms with Crippen LogP contribution in [-0.4, -0.2) is 36.0 Å². The summed E-state index contributed by atoms with van der Waals surface area (Å²) in [5.74, 6) is 2.78. The van der Waals surface area contributed by atoms with E-state index in [1.807, 2.05) is 0 Å². The van der Waals surface area contributed by atoms with E-state index in [1.165, 1.54) is 140 Å². The fourth-order valence-electron chi connectivity index (χ4n) is 3.90. The lowest BCUT2D eigenvalue weighted by atomic mass is 10.0. The lowest BCUT2D eigenvalue weighted by molar-refractivity contribution is 0.341. The molecule has 0 radical (unpaired) electrons. The number of rotatable bonds is 19. The molecule has 0 N–H and O–H groups in total. The highest BCUT2D eigenvalue weighted by atomic mass is 32.2. The predicted octanol–water partition coefficient (Wildman–Crippen LogP) is 7.69. The van der Waals surface area contributed by atoms with Gasteiger partial charge in [-0.3, -0.25) is 0 Å². The van der Waals surface area contributed by atoms with E-state index < -0.39 is 0 Å². The van der Waals surface area contributed by atoms with Crippen molar-refractivity contribution < 1.29 is 0 Å². The first-order valence-corrected chi connectivity index (χ1v) is 12.9. The van der Waals surface area contributed by atoms with Gasteiger partial charge in [-0.05, 0) is 56.8 Å². The largest absolute Gasteiger partial charge is 0.303 e. The molecule has 0 atom stereocenters. The summed E-state index contributed by atoms with van der Waals surface area (Å²) in [4.78, 5) is 2.65. The first-order valence-electron chi connectivity index (χ1n) is 11.7. The molecule has 1 nitrogen and oxygen atoms in total. The fourth-order valence-corrected chi connectivity index (χ4v) is 4.84. The van der Waals surface area contributed by atoms with Gasteiger partial charge in [0.1, 0.15) is 0 Å². The molecule has 1 fully saturated rings. The predicted molar refractivity (Wildman–Crippen MR) is 118 cm³/mol. The van der Waals surface area contributed by atoms with Crippen molar-refractivity contribution in [3.63, 3.8) is 0 Å². The maximum Gasteiger partial charge on any atom is -0.00109 e. The Balaban J connectivity index is 1.63. The Bertz CT molecular complexity index is 250. The summed E-state index contributed by atoms with van der Waals surface area (Å²) in [6.07, 6.45) is 24.8. The molecule has 0 aromatic heterocycles. The number of nitrogens with zero attached hydrogens (tertiary/aromatic N) is 1. The van der Waals surface area contributed by atoms with E-state index in [9.17, 15) is 0 Å². The van der Waals surface area contributed by atoms with Crippen molar-refractivity contribution in [2.75, 3.05) is 31.1 Å². The molecule has 1 aliphatic rings. The number of unbranched alkanes of at least 4 members (excludes halogenated alkanes) is 13. The number of hydrogen-bond acceptors (Lipinski definition) is 2. The highest BCUT2D eigenvalue weighted by Gasteiger charge is 2.09. The van der Waals surface area contributed by atoms with E-state index in [2.05, 4.69) is 23.6 Å². The molecule has 1 heterocycles. The third kappa shape index (κ3) is 16.2. The first-order chi connectivity index (χ1) is 12.4. The molecule has 0 unspecified atom stereocenters. The lowest BCUT2D eigenvalue weighted by Gasteiger charge is -2.13. The molecule has 0 aliphatic carbocycles. The van der Waals surface area contributed by atoms with Crippen LogP contribution in [-0.2, 0) is 0 Å². The fraction of sp³-hybridized carbons (Fsp3) is 1.00. The molecule has 1 rings (SSSR count). The zero-order valence-corrected chi connectivity index (χ0v) is 18.2. The SMILES string of the molecule is CCCCCCCCCCCCCCCCSCCCN1CCCC1. The molecule has 150 valence electrons. The summed E-state index contributed by atoms with van der Waals surface area (Å²) in [6, 6.07) is 0. The molecule has 2 heteroatoms. The Kier molecular flexibility index (Phi) is 17.8. The molecule has 0 aromatic rings. The van der Waals surface area contributed by atoms with Gasteiger partial charge in [0.2, 0.25) is 0 Å². The van der Waals surface area contributed by atoms with Gasteiger partial charge >= 0.3 is 0 Å². The standard InChI is InChI=1S/C23H47NS/c1-2-3-4-5-6-7-8-9-10-11-12-13-14-17-22-25-23-18-21-24-19-15-16-20-24/h2-23H2,1H3. The van der Waals surface area contributed by atoms with Crippen molar-refractivity contribution in [2.24, 2.45) is 0 Å². The molecular weight excluding hydrogens is 322 g/mol. The Hall–Kier alpha value is 0.310. The maximum atomic E-state index is 2.65. The quantitative estimate of drug-likeness (QED) is 0.215. The summed E-state index contributed by atoms with van der Waals surface area (Å²) < 4.78 is 0. The van der Waals surface area contributed by atoms with Crippen LogP contribution < -0.4 is 0 Å². The summed E-state index contributed by atoms with van der Waals surface area (Å²) in [5.41, 5.74) is 0. The highest BCUT2D eigenvalue weighted by molar-refractivity contribution is 7.99. The van der Waals surface area contributed by atoms with Crippen LogP contribution in [0.5, 0.6) is 0 Å². The summed E-state index contributed by atoms with van der Waals surface area (Å²) in [7, 11) is 0. The Morgan fingerprint density at radius 2 is 1.00 bits per heavy atom. The summed E-state index contributed by atoms with van der Waals surface area (Å²) in [5, 5.41) is 0. The summed E-state index contributed by atoms with van der Waals surface area (Å²) in [6.45, 7) is 6.38. The molecule has 25 heavy (non-hydrogen) atoms. The molecule has 1 saturated heterocycles. The average Bonchev–Trinajstić information content (AvgIpc) is 3.14. The Morgan fingerprint density at radius 1 is 0.560 bits per heavy atom. The van der Waals surface area contributed by atoms with Crippen molar-refractivity contribution >= 4 is 11.8 Å². The smallest absolute Gasteiger partial charge is 0.00109 e. The molecular formula is C23H47NS. The molecule has 0 saturated carbocycles. The van der Waals surface area contributed by atoms with Crippen LogP contribution in [0.2, 0.25) is 0 Å². The zero-order valence-electron chi connectivity index (χ0n) is 17.4. The number of hydrogen-bond donors (Lipinski definition) is 0. The number of likely N-dealkylation sites (tertiary alicyclic amines) is 1. The van der Waals surface area contributed by atoms with E-state index >= 15 is 0 Å². The van der Waals surface area contributed by atoms with Crippen LogP contribution in [0.1, 0.15) is 116 Å². The molecule has 0 spiro atoms. The van der Waals surface area contributed by atoms with Crippen molar-refractivity contribution in [1.82, 2.24) is 4.90 Å². The van der Waals surface area contributed by atoms with Crippen LogP contribution in [0, 0.1) is 0 Å². The van der Waals surface area contributed by atoms with Crippen LogP contribution >= 0.6 is 11.8 Å². The minimum absolute atomic E-state index is 1.35. The normalized spacial score (nSPS) is 15.2. The second-order valence-corrected chi connectivity index (χ2v) is 9.34. The minimum atomic E-state index is 1.35. The molecule has 0 bridgehead atoms. The van der Waals surface area contributed by atoms with Gasteiger partial charge in [-0.2, -0.15) is 11.8 Å². The summed E-state index contributed by atoms with van der Waals surface area (Å²) >= 11 is 2.19. The van der Waals surface area contributed by atoms with E-state index in [4.69, 9.17) is 0 Å². The van der Waals surface area contributed by atoms with Gasteiger partial charge in [0.15, 0.2) is 0 Å². The second kappa shape index (κ2) is 19.1. The van der Waals surface area contributed by atoms with Crippen molar-refractivity contribution in [3.05, 3.63) is 0 Å². The highest BCUT2D eigenvalue weighted by Crippen LogP contribution is 2.15. The van der Waals surface area contributed by atoms with E-state index in [1.54, 1.807) is 0 Å². The van der Waals surface area contributed by atoms with Crippen molar-refractivity contribution in [2.45, 2.75) is 116 Å². The van der Waals surface area contributed by atoms with Gasteiger partial charge in [0.25, 0.3) is 0 Å². The Labute approximate surface area is 164 Å². The van der Waals surface area contributed by atoms with Gasteiger partial charge < -0.3 is 4.90 Å². The topological polar surface area (TPSA) is 3.24 Å². The lowest BCUT2D eigenvalue weighted by Crippen LogP contribution is -2.20. The third-order valence-corrected chi connectivity index (χ3v) is 6.76. The van der Waals surface area contributed by atoms with Crippen molar-refractivity contribution in [1.29, 1.82) is 0 Å². The Morgan fingerprint density at radius 3 is 1.52 bits per heavy atom. The maximum absolute atomic E-state index is 2.65. The average molecular weight is 370 g/mol. The van der Waals surface area contributed by atoms with Gasteiger partial charge in [-0.25, -0.2) is 0 Å². The van der Waals surface area contributed by atoms with Crippen LogP contribution in [0.3, 0.4) is 0 Å². The second-order valence-electron chi connectivity index (χ2n) is 8.11. The zero-order chi connectivity index (χ0) is 17.8. The van der Waals surface area contributed by atoms with E-state index in [0.717, 1.165) is 0 Å². The van der Waals surface area contributed by atoms with Gasteiger partial charge in [0, 0.05) is 0 Å². The minimum Gasteiger partial charge on any atom is -0.303 e. The molecule has 0 aromatic carbocycles. The van der Waals surface area contributed by atoms with E-state index in [-0.39, 0.29) is 0 Å². The van der Waals surface area contributed by atoms with Gasteiger partial charge in [-0.1, -0.05) is 90.4 Å². The monoisotopic (exact) mass is 369 g/mol. The van der Waals surface area contributed by atoms with Gasteiger partial charge in [0.05, 0.1) is 0 Å². The molecule has 1 aliphatic heterocycles. The number of thioether (sulfide) groups is 1.